The van der Waals surface area contributed by atoms with Gasteiger partial charge in [-0.1, -0.05) is 18.2 Å². The van der Waals surface area contributed by atoms with Gasteiger partial charge in [0.1, 0.15) is 0 Å². The lowest BCUT2D eigenvalue weighted by molar-refractivity contribution is 0.489. The van der Waals surface area contributed by atoms with Gasteiger partial charge >= 0.3 is 0 Å². The normalized spacial score (nSPS) is 17.1. The Morgan fingerprint density at radius 3 is 2.67 bits per heavy atom. The Morgan fingerprint density at radius 2 is 1.90 bits per heavy atom. The largest absolute Gasteiger partial charge is 0.321 e. The molecule has 1 aromatic heterocycles. The van der Waals surface area contributed by atoms with Crippen LogP contribution in [0.1, 0.15) is 42.0 Å². The minimum absolute atomic E-state index is 0.366. The molecule has 0 aliphatic heterocycles. The van der Waals surface area contributed by atoms with Crippen molar-refractivity contribution in [3.8, 4) is 0 Å². The zero-order valence-corrected chi connectivity index (χ0v) is 14.0. The van der Waals surface area contributed by atoms with E-state index in [0.717, 1.165) is 16.5 Å². The van der Waals surface area contributed by atoms with E-state index < -0.39 is 0 Å². The fourth-order valence-corrected chi connectivity index (χ4v) is 3.58. The van der Waals surface area contributed by atoms with Gasteiger partial charge in [0, 0.05) is 22.4 Å². The van der Waals surface area contributed by atoms with Gasteiger partial charge in [-0.3, -0.25) is 4.98 Å². The van der Waals surface area contributed by atoms with E-state index in [1.54, 1.807) is 6.20 Å². The van der Waals surface area contributed by atoms with Crippen LogP contribution in [-0.2, 0) is 24.8 Å². The molecule has 0 bridgehead atoms. The lowest BCUT2D eigenvalue weighted by Crippen LogP contribution is -2.35. The molecule has 0 amide bonds. The van der Waals surface area contributed by atoms with Gasteiger partial charge in [-0.2, -0.15) is 0 Å². The molecule has 2 nitrogen and oxygen atoms in total. The first-order chi connectivity index (χ1) is 10.0. The summed E-state index contributed by atoms with van der Waals surface area (Å²) in [4.78, 5) is 4.23. The Labute approximate surface area is 134 Å². The van der Waals surface area contributed by atoms with E-state index in [9.17, 15) is 0 Å². The molecule has 0 spiro atoms. The molecule has 1 aliphatic carbocycles. The number of hydrogen-bond acceptors (Lipinski definition) is 2. The van der Waals surface area contributed by atoms with E-state index >= 15 is 0 Å². The van der Waals surface area contributed by atoms with Gasteiger partial charge in [0.15, 0.2) is 0 Å². The molecule has 0 fully saturated rings. The summed E-state index contributed by atoms with van der Waals surface area (Å²) in [5, 5.41) is 0. The maximum atomic E-state index is 6.61. The van der Waals surface area contributed by atoms with Crippen LogP contribution in [0.5, 0.6) is 0 Å². The molecule has 0 saturated carbocycles. The summed E-state index contributed by atoms with van der Waals surface area (Å²) in [6.07, 6.45) is 9.51. The maximum absolute atomic E-state index is 6.61. The quantitative estimate of drug-likeness (QED) is 0.908. The third-order valence-corrected chi connectivity index (χ3v) is 4.77. The Bertz CT molecular complexity index is 649. The maximum Gasteiger partial charge on any atom is 0.0422 e. The molecule has 0 radical (unpaired) electrons. The highest BCUT2D eigenvalue weighted by atomic mass is 79.9. The Kier molecular flexibility index (Phi) is 4.14. The zero-order chi connectivity index (χ0) is 14.9. The number of halogens is 1. The highest BCUT2D eigenvalue weighted by Gasteiger charge is 2.23. The van der Waals surface area contributed by atoms with Crippen LogP contribution < -0.4 is 5.73 Å². The summed E-state index contributed by atoms with van der Waals surface area (Å²) in [6, 6.07) is 8.89. The summed E-state index contributed by atoms with van der Waals surface area (Å²) in [7, 11) is 0. The van der Waals surface area contributed by atoms with Gasteiger partial charge in [-0.05, 0) is 83.3 Å². The molecule has 1 aliphatic rings. The lowest BCUT2D eigenvalue weighted by Gasteiger charge is -2.27. The van der Waals surface area contributed by atoms with Crippen LogP contribution in [0.2, 0.25) is 0 Å². The topological polar surface area (TPSA) is 38.9 Å². The number of aromatic nitrogens is 1. The molecule has 1 atom stereocenters. The van der Waals surface area contributed by atoms with Gasteiger partial charge in [0.2, 0.25) is 0 Å². The van der Waals surface area contributed by atoms with Crippen molar-refractivity contribution in [2.75, 3.05) is 0 Å². The summed E-state index contributed by atoms with van der Waals surface area (Å²) < 4.78 is 1.00. The summed E-state index contributed by atoms with van der Waals surface area (Å²) in [5.74, 6) is 0. The molecule has 3 rings (SSSR count). The summed E-state index contributed by atoms with van der Waals surface area (Å²) >= 11 is 3.47. The number of fused-ring (bicyclic) bond motifs is 1. The molecule has 1 heterocycles. The van der Waals surface area contributed by atoms with Crippen molar-refractivity contribution in [1.82, 2.24) is 4.98 Å². The van der Waals surface area contributed by atoms with Crippen LogP contribution in [0.25, 0.3) is 0 Å². The molecule has 1 unspecified atom stereocenters. The van der Waals surface area contributed by atoms with Gasteiger partial charge in [0.25, 0.3) is 0 Å². The third-order valence-electron chi connectivity index (χ3n) is 4.34. The van der Waals surface area contributed by atoms with E-state index in [0.29, 0.717) is 0 Å². The van der Waals surface area contributed by atoms with E-state index in [2.05, 4.69) is 52.1 Å². The predicted octanol–water partition coefficient (Wildman–Crippen LogP) is 4.14. The number of nitrogens with zero attached hydrogens (tertiary/aromatic N) is 1. The second-order valence-electron chi connectivity index (χ2n) is 6.30. The number of rotatable bonds is 3. The molecule has 2 aromatic rings. The van der Waals surface area contributed by atoms with Crippen molar-refractivity contribution in [3.05, 3.63) is 63.4 Å². The van der Waals surface area contributed by atoms with Crippen molar-refractivity contribution < 1.29 is 0 Å². The van der Waals surface area contributed by atoms with Crippen LogP contribution in [0.15, 0.2) is 41.1 Å². The number of pyridine rings is 1. The van der Waals surface area contributed by atoms with Crippen LogP contribution in [0.4, 0.5) is 0 Å². The standard InChI is InChI=1S/C18H21BrN2/c1-18(20,10-13-8-17(19)12-21-11-13)16-7-6-14-4-2-3-5-15(14)9-16/h6-9,11-12H,2-5,10,20H2,1H3. The van der Waals surface area contributed by atoms with Gasteiger partial charge in [0.05, 0.1) is 0 Å². The second-order valence-corrected chi connectivity index (χ2v) is 7.21. The number of aryl methyl sites for hydroxylation is 2. The van der Waals surface area contributed by atoms with Crippen LogP contribution in [-0.4, -0.2) is 4.98 Å². The molecule has 110 valence electrons. The SMILES string of the molecule is CC(N)(Cc1cncc(Br)c1)c1ccc2c(c1)CCCC2. The number of benzene rings is 1. The second kappa shape index (κ2) is 5.90. The first-order valence-corrected chi connectivity index (χ1v) is 8.34. The minimum atomic E-state index is -0.366. The fraction of sp³-hybridized carbons (Fsp3) is 0.389. The van der Waals surface area contributed by atoms with Crippen LogP contribution in [0, 0.1) is 0 Å². The number of hydrogen-bond donors (Lipinski definition) is 1. The molecule has 21 heavy (non-hydrogen) atoms. The summed E-state index contributed by atoms with van der Waals surface area (Å²) in [5.41, 5.74) is 11.6. The minimum Gasteiger partial charge on any atom is -0.321 e. The Balaban J connectivity index is 1.87. The van der Waals surface area contributed by atoms with Crippen molar-refractivity contribution in [2.24, 2.45) is 5.73 Å². The predicted molar refractivity (Wildman–Crippen MR) is 90.3 cm³/mol. The van der Waals surface area contributed by atoms with Crippen molar-refractivity contribution in [2.45, 2.75) is 44.6 Å². The van der Waals surface area contributed by atoms with E-state index in [1.165, 1.54) is 42.4 Å². The average molecular weight is 345 g/mol. The van der Waals surface area contributed by atoms with Gasteiger partial charge < -0.3 is 5.73 Å². The lowest BCUT2D eigenvalue weighted by atomic mass is 9.82. The molecule has 0 saturated heterocycles. The van der Waals surface area contributed by atoms with E-state index in [4.69, 9.17) is 5.73 Å². The van der Waals surface area contributed by atoms with E-state index in [-0.39, 0.29) is 5.54 Å². The van der Waals surface area contributed by atoms with Crippen molar-refractivity contribution in [1.29, 1.82) is 0 Å². The van der Waals surface area contributed by atoms with Crippen molar-refractivity contribution in [3.63, 3.8) is 0 Å². The van der Waals surface area contributed by atoms with Gasteiger partial charge in [-0.15, -0.1) is 0 Å². The highest BCUT2D eigenvalue weighted by molar-refractivity contribution is 9.10. The molecular weight excluding hydrogens is 324 g/mol. The zero-order valence-electron chi connectivity index (χ0n) is 12.4. The average Bonchev–Trinajstić information content (AvgIpc) is 2.46. The van der Waals surface area contributed by atoms with Gasteiger partial charge in [-0.25, -0.2) is 0 Å². The molecule has 3 heteroatoms. The first-order valence-electron chi connectivity index (χ1n) is 7.55. The Hall–Kier alpha value is -1.19. The van der Waals surface area contributed by atoms with Crippen LogP contribution in [0.3, 0.4) is 0 Å². The summed E-state index contributed by atoms with van der Waals surface area (Å²) in [6.45, 7) is 2.11. The highest BCUT2D eigenvalue weighted by Crippen LogP contribution is 2.28. The smallest absolute Gasteiger partial charge is 0.0422 e. The Morgan fingerprint density at radius 1 is 1.14 bits per heavy atom. The van der Waals surface area contributed by atoms with Crippen molar-refractivity contribution >= 4 is 15.9 Å². The first kappa shape index (κ1) is 14.7. The van der Waals surface area contributed by atoms with Crippen LogP contribution >= 0.6 is 15.9 Å². The molecular formula is C18H21BrN2. The number of nitrogens with two attached hydrogens (primary N) is 1. The fourth-order valence-electron chi connectivity index (χ4n) is 3.17. The molecule has 2 N–H and O–H groups in total. The monoisotopic (exact) mass is 344 g/mol. The molecule has 1 aromatic carbocycles. The van der Waals surface area contributed by atoms with E-state index in [1.807, 2.05) is 6.20 Å². The third kappa shape index (κ3) is 3.35.